The number of carbonyl (C=O) groups excluding carboxylic acids is 1. The maximum atomic E-state index is 12.6. The van der Waals surface area contributed by atoms with Crippen LogP contribution in [0.3, 0.4) is 0 Å². The number of aliphatic carboxylic acids is 1. The third-order valence-corrected chi connectivity index (χ3v) is 7.44. The maximum absolute atomic E-state index is 12.6. The minimum absolute atomic E-state index is 0.0604. The van der Waals surface area contributed by atoms with Crippen LogP contribution in [0.25, 0.3) is 12.2 Å². The van der Waals surface area contributed by atoms with E-state index in [-0.39, 0.29) is 23.8 Å². The lowest BCUT2D eigenvalue weighted by Gasteiger charge is -2.25. The number of hydrogen-bond donors (Lipinski definition) is 4. The van der Waals surface area contributed by atoms with Gasteiger partial charge in [0.15, 0.2) is 11.5 Å². The number of aromatic nitrogens is 1. The van der Waals surface area contributed by atoms with E-state index < -0.39 is 11.4 Å². The van der Waals surface area contributed by atoms with Crippen molar-refractivity contribution in [3.05, 3.63) is 83.2 Å². The fraction of sp³-hybridized carbons (Fsp3) is 0.364. The number of rotatable bonds is 15. The van der Waals surface area contributed by atoms with E-state index in [1.165, 1.54) is 6.07 Å². The van der Waals surface area contributed by atoms with E-state index in [1.807, 2.05) is 54.6 Å². The van der Waals surface area contributed by atoms with Crippen LogP contribution in [-0.4, -0.2) is 32.2 Å². The molecule has 3 aromatic rings. The fourth-order valence-electron chi connectivity index (χ4n) is 4.74. The van der Waals surface area contributed by atoms with Gasteiger partial charge in [-0.2, -0.15) is 0 Å². The maximum Gasteiger partial charge on any atom is 0.310 e. The van der Waals surface area contributed by atoms with Gasteiger partial charge in [0, 0.05) is 17.8 Å². The molecule has 0 saturated carbocycles. The highest BCUT2D eigenvalue weighted by molar-refractivity contribution is 5.94. The van der Waals surface area contributed by atoms with Crippen molar-refractivity contribution in [1.82, 2.24) is 4.98 Å². The monoisotopic (exact) mass is 544 g/mol. The Balaban J connectivity index is 1.47. The van der Waals surface area contributed by atoms with Crippen molar-refractivity contribution >= 4 is 29.7 Å². The number of aromatic hydroxyl groups is 2. The third kappa shape index (κ3) is 8.97. The summed E-state index contributed by atoms with van der Waals surface area (Å²) in [6.07, 6.45) is 10.6. The average Bonchev–Trinajstić information content (AvgIpc) is 2.94. The standard InChI is InChI=1S/C33H40N2O5/c1-3-33(4-2,32(39)40)23-31(38)35-28-16-9-12-24(21-28)17-19-27-15-10-14-26(34-27)13-8-6-5-7-11-25-18-20-29(36)30(37)22-25/h9-10,12,14-22,36-37H,3-8,11,13,23H2,1-2H3,(H,35,38)(H,39,40)/b19-17+. The summed E-state index contributed by atoms with van der Waals surface area (Å²) >= 11 is 0. The summed E-state index contributed by atoms with van der Waals surface area (Å²) in [4.78, 5) is 29.1. The number of carboxylic acids is 1. The molecule has 0 bridgehead atoms. The summed E-state index contributed by atoms with van der Waals surface area (Å²) < 4.78 is 0. The normalized spacial score (nSPS) is 11.6. The number of anilines is 1. The van der Waals surface area contributed by atoms with Gasteiger partial charge in [0.1, 0.15) is 0 Å². The molecule has 3 rings (SSSR count). The van der Waals surface area contributed by atoms with E-state index >= 15 is 0 Å². The van der Waals surface area contributed by atoms with Gasteiger partial charge in [-0.05, 0) is 92.1 Å². The molecule has 1 aromatic heterocycles. The van der Waals surface area contributed by atoms with Gasteiger partial charge in [0.25, 0.3) is 0 Å². The number of phenols is 2. The number of unbranched alkanes of at least 4 members (excludes halogenated alkanes) is 3. The van der Waals surface area contributed by atoms with Crippen molar-refractivity contribution in [1.29, 1.82) is 0 Å². The Labute approximate surface area is 236 Å². The smallest absolute Gasteiger partial charge is 0.310 e. The number of nitrogens with zero attached hydrogens (tertiary/aromatic N) is 1. The summed E-state index contributed by atoms with van der Waals surface area (Å²) in [5.74, 6) is -1.40. The molecule has 4 N–H and O–H groups in total. The van der Waals surface area contributed by atoms with Crippen LogP contribution >= 0.6 is 0 Å². The quantitative estimate of drug-likeness (QED) is 0.118. The lowest BCUT2D eigenvalue weighted by Crippen LogP contribution is -2.34. The van der Waals surface area contributed by atoms with Crippen molar-refractivity contribution in [2.24, 2.45) is 5.41 Å². The molecule has 2 aromatic carbocycles. The predicted molar refractivity (Wildman–Crippen MR) is 159 cm³/mol. The molecule has 0 atom stereocenters. The average molecular weight is 545 g/mol. The highest BCUT2D eigenvalue weighted by atomic mass is 16.4. The van der Waals surface area contributed by atoms with Crippen molar-refractivity contribution in [2.75, 3.05) is 5.32 Å². The lowest BCUT2D eigenvalue weighted by molar-refractivity contribution is -0.151. The molecule has 0 saturated heterocycles. The van der Waals surface area contributed by atoms with Crippen molar-refractivity contribution < 1.29 is 24.9 Å². The van der Waals surface area contributed by atoms with Gasteiger partial charge in [-0.25, -0.2) is 0 Å². The number of amides is 1. The number of nitrogens with one attached hydrogen (secondary N) is 1. The summed E-state index contributed by atoms with van der Waals surface area (Å²) in [7, 11) is 0. The van der Waals surface area contributed by atoms with E-state index in [4.69, 9.17) is 4.98 Å². The lowest BCUT2D eigenvalue weighted by atomic mass is 9.79. The van der Waals surface area contributed by atoms with E-state index in [0.717, 1.165) is 61.0 Å². The second-order valence-corrected chi connectivity index (χ2v) is 10.3. The largest absolute Gasteiger partial charge is 0.504 e. The molecule has 0 aliphatic heterocycles. The van der Waals surface area contributed by atoms with Gasteiger partial charge >= 0.3 is 5.97 Å². The zero-order valence-electron chi connectivity index (χ0n) is 23.4. The second kappa shape index (κ2) is 14.9. The van der Waals surface area contributed by atoms with Gasteiger partial charge < -0.3 is 20.6 Å². The van der Waals surface area contributed by atoms with Crippen LogP contribution in [0.15, 0.2) is 60.7 Å². The molecule has 0 fully saturated rings. The van der Waals surface area contributed by atoms with E-state index in [9.17, 15) is 24.9 Å². The summed E-state index contributed by atoms with van der Waals surface area (Å²) in [6, 6.07) is 18.4. The van der Waals surface area contributed by atoms with Gasteiger partial charge in [0.2, 0.25) is 5.91 Å². The molecular formula is C33H40N2O5. The Kier molecular flexibility index (Phi) is 11.3. The Morgan fingerprint density at radius 2 is 1.57 bits per heavy atom. The molecule has 7 nitrogen and oxygen atoms in total. The molecule has 40 heavy (non-hydrogen) atoms. The Bertz CT molecular complexity index is 1310. The van der Waals surface area contributed by atoms with Crippen LogP contribution in [0.5, 0.6) is 11.5 Å². The van der Waals surface area contributed by atoms with Gasteiger partial charge in [0.05, 0.1) is 11.1 Å². The third-order valence-electron chi connectivity index (χ3n) is 7.44. The molecule has 212 valence electrons. The number of aryl methyl sites for hydroxylation is 2. The molecule has 7 heteroatoms. The SMILES string of the molecule is CCC(CC)(CC(=O)Nc1cccc(/C=C/c2cccc(CCCCCCc3ccc(O)c(O)c3)n2)c1)C(=O)O. The highest BCUT2D eigenvalue weighted by Crippen LogP contribution is 2.31. The van der Waals surface area contributed by atoms with Gasteiger partial charge in [-0.15, -0.1) is 0 Å². The first-order chi connectivity index (χ1) is 19.2. The van der Waals surface area contributed by atoms with Crippen LogP contribution in [0.1, 0.15) is 81.3 Å². The molecule has 1 amide bonds. The fourth-order valence-corrected chi connectivity index (χ4v) is 4.74. The zero-order chi connectivity index (χ0) is 29.0. The molecule has 0 unspecified atom stereocenters. The van der Waals surface area contributed by atoms with Crippen molar-refractivity contribution in [3.8, 4) is 11.5 Å². The van der Waals surface area contributed by atoms with Crippen LogP contribution in [0.2, 0.25) is 0 Å². The second-order valence-electron chi connectivity index (χ2n) is 10.3. The first-order valence-electron chi connectivity index (χ1n) is 14.0. The van der Waals surface area contributed by atoms with E-state index in [0.29, 0.717) is 18.5 Å². The Morgan fingerprint density at radius 3 is 2.27 bits per heavy atom. The number of hydrogen-bond acceptors (Lipinski definition) is 5. The van der Waals surface area contributed by atoms with E-state index in [2.05, 4.69) is 5.32 Å². The molecule has 0 aliphatic rings. The van der Waals surface area contributed by atoms with Gasteiger partial charge in [-0.1, -0.05) is 57.0 Å². The van der Waals surface area contributed by atoms with Gasteiger partial charge in [-0.3, -0.25) is 14.6 Å². The first kappa shape index (κ1) is 30.4. The number of phenolic OH excluding ortho intramolecular Hbond substituents is 2. The zero-order valence-corrected chi connectivity index (χ0v) is 23.4. The van der Waals surface area contributed by atoms with Crippen LogP contribution in [0.4, 0.5) is 5.69 Å². The molecule has 0 spiro atoms. The number of benzene rings is 2. The summed E-state index contributed by atoms with van der Waals surface area (Å²) in [5.41, 5.74) is 3.41. The predicted octanol–water partition coefficient (Wildman–Crippen LogP) is 7.23. The van der Waals surface area contributed by atoms with Crippen molar-refractivity contribution in [3.63, 3.8) is 0 Å². The number of carboxylic acid groups (broad SMARTS) is 1. The van der Waals surface area contributed by atoms with Crippen LogP contribution in [-0.2, 0) is 22.4 Å². The Morgan fingerprint density at radius 1 is 0.850 bits per heavy atom. The van der Waals surface area contributed by atoms with Crippen LogP contribution in [0, 0.1) is 5.41 Å². The molecular weight excluding hydrogens is 504 g/mol. The minimum atomic E-state index is -1.04. The molecule has 1 heterocycles. The van der Waals surface area contributed by atoms with Crippen LogP contribution < -0.4 is 5.32 Å². The topological polar surface area (TPSA) is 120 Å². The first-order valence-corrected chi connectivity index (χ1v) is 14.0. The minimum Gasteiger partial charge on any atom is -0.504 e. The summed E-state index contributed by atoms with van der Waals surface area (Å²) in [6.45, 7) is 3.60. The molecule has 0 aliphatic carbocycles. The molecule has 0 radical (unpaired) electrons. The number of carbonyl (C=O) groups is 2. The van der Waals surface area contributed by atoms with Crippen molar-refractivity contribution in [2.45, 2.75) is 71.6 Å². The van der Waals surface area contributed by atoms with E-state index in [1.54, 1.807) is 26.0 Å². The highest BCUT2D eigenvalue weighted by Gasteiger charge is 2.37. The Hall–Kier alpha value is -4.13. The number of pyridine rings is 1. The summed E-state index contributed by atoms with van der Waals surface area (Å²) in [5, 5.41) is 31.5.